The minimum absolute atomic E-state index is 0.00902. The molecule has 0 radical (unpaired) electrons. The van der Waals surface area contributed by atoms with Crippen molar-refractivity contribution in [2.24, 2.45) is 0 Å². The molecule has 0 atom stereocenters. The maximum atomic E-state index is 12.2. The van der Waals surface area contributed by atoms with Crippen LogP contribution in [0, 0.1) is 0 Å². The van der Waals surface area contributed by atoms with Crippen molar-refractivity contribution in [2.75, 3.05) is 18.5 Å². The molecule has 0 unspecified atom stereocenters. The molecule has 2 aromatic carbocycles. The van der Waals surface area contributed by atoms with Gasteiger partial charge in [0.2, 0.25) is 15.9 Å². The summed E-state index contributed by atoms with van der Waals surface area (Å²) in [5, 5.41) is 5.15. The Morgan fingerprint density at radius 2 is 1.63 bits per heavy atom. The number of ether oxygens (including phenoxy) is 1. The van der Waals surface area contributed by atoms with Crippen molar-refractivity contribution in [1.29, 1.82) is 0 Å². The zero-order chi connectivity index (χ0) is 22.0. The van der Waals surface area contributed by atoms with E-state index in [1.54, 1.807) is 0 Å². The van der Waals surface area contributed by atoms with Gasteiger partial charge in [-0.15, -0.1) is 0 Å². The smallest absolute Gasteiger partial charge is 0.307 e. The van der Waals surface area contributed by atoms with Crippen LogP contribution in [0.15, 0.2) is 59.5 Å². The van der Waals surface area contributed by atoms with Gasteiger partial charge in [-0.25, -0.2) is 13.1 Å². The van der Waals surface area contributed by atoms with Crippen LogP contribution in [0.25, 0.3) is 0 Å². The molecule has 9 nitrogen and oxygen atoms in total. The Labute approximate surface area is 174 Å². The van der Waals surface area contributed by atoms with E-state index in [0.717, 1.165) is 5.56 Å². The molecule has 0 aliphatic carbocycles. The largest absolute Gasteiger partial charge is 0.456 e. The van der Waals surface area contributed by atoms with Crippen LogP contribution in [0.5, 0.6) is 0 Å². The summed E-state index contributed by atoms with van der Waals surface area (Å²) in [6.45, 7) is 1.04. The first-order valence-electron chi connectivity index (χ1n) is 9.10. The average molecular weight is 433 g/mol. The third-order valence-corrected chi connectivity index (χ3v) is 5.28. The van der Waals surface area contributed by atoms with Crippen LogP contribution in [0.4, 0.5) is 5.69 Å². The van der Waals surface area contributed by atoms with E-state index in [2.05, 4.69) is 15.4 Å². The Kier molecular flexibility index (Phi) is 8.51. The van der Waals surface area contributed by atoms with Crippen LogP contribution in [0.1, 0.15) is 18.9 Å². The molecule has 0 aliphatic rings. The first kappa shape index (κ1) is 23.0. The van der Waals surface area contributed by atoms with Gasteiger partial charge in [0.25, 0.3) is 5.91 Å². The second-order valence-corrected chi connectivity index (χ2v) is 8.04. The minimum Gasteiger partial charge on any atom is -0.456 e. The fourth-order valence-corrected chi connectivity index (χ4v) is 3.39. The molecule has 0 spiro atoms. The molecule has 0 saturated heterocycles. The van der Waals surface area contributed by atoms with Gasteiger partial charge in [-0.1, -0.05) is 30.3 Å². The van der Waals surface area contributed by atoms with E-state index in [9.17, 15) is 22.8 Å². The van der Waals surface area contributed by atoms with Gasteiger partial charge in [-0.2, -0.15) is 0 Å². The third kappa shape index (κ3) is 8.02. The van der Waals surface area contributed by atoms with Crippen LogP contribution in [0.3, 0.4) is 0 Å². The number of carbonyl (C=O) groups is 3. The summed E-state index contributed by atoms with van der Waals surface area (Å²) in [6, 6.07) is 14.8. The van der Waals surface area contributed by atoms with Crippen molar-refractivity contribution in [2.45, 2.75) is 24.8 Å². The number of anilines is 1. The third-order valence-electron chi connectivity index (χ3n) is 3.80. The predicted octanol–water partition coefficient (Wildman–Crippen LogP) is 1.17. The van der Waals surface area contributed by atoms with E-state index < -0.39 is 28.5 Å². The lowest BCUT2D eigenvalue weighted by atomic mass is 10.2. The number of esters is 1. The lowest BCUT2D eigenvalue weighted by Gasteiger charge is -2.09. The molecule has 0 heterocycles. The number of benzene rings is 2. The highest BCUT2D eigenvalue weighted by Gasteiger charge is 2.15. The number of rotatable bonds is 10. The van der Waals surface area contributed by atoms with E-state index in [1.807, 2.05) is 30.3 Å². The standard InChI is InChI=1S/C20H23N3O6S/c1-15(24)23-17-7-9-18(10-8-17)30(27,28)22-12-11-20(26)29-14-19(25)21-13-16-5-3-2-4-6-16/h2-10,22H,11-14H2,1H3,(H,21,25)(H,23,24). The lowest BCUT2D eigenvalue weighted by Crippen LogP contribution is -2.30. The van der Waals surface area contributed by atoms with Gasteiger partial charge >= 0.3 is 5.97 Å². The predicted molar refractivity (Wildman–Crippen MR) is 110 cm³/mol. The van der Waals surface area contributed by atoms with Crippen molar-refractivity contribution >= 4 is 33.5 Å². The summed E-state index contributed by atoms with van der Waals surface area (Å²) in [4.78, 5) is 34.4. The van der Waals surface area contributed by atoms with Crippen molar-refractivity contribution in [1.82, 2.24) is 10.0 Å². The summed E-state index contributed by atoms with van der Waals surface area (Å²) in [5.41, 5.74) is 1.38. The van der Waals surface area contributed by atoms with Gasteiger partial charge in [0.05, 0.1) is 11.3 Å². The molecule has 0 aliphatic heterocycles. The number of carbonyl (C=O) groups excluding carboxylic acids is 3. The molecule has 0 aromatic heterocycles. The molecular weight excluding hydrogens is 410 g/mol. The molecule has 0 fully saturated rings. The summed E-state index contributed by atoms with van der Waals surface area (Å²) in [7, 11) is -3.82. The molecule has 0 bridgehead atoms. The molecule has 160 valence electrons. The summed E-state index contributed by atoms with van der Waals surface area (Å²) in [5.74, 6) is -1.42. The first-order chi connectivity index (χ1) is 14.3. The molecule has 2 rings (SSSR count). The van der Waals surface area contributed by atoms with Gasteiger partial charge < -0.3 is 15.4 Å². The van der Waals surface area contributed by atoms with Crippen LogP contribution in [-0.4, -0.2) is 39.4 Å². The molecule has 30 heavy (non-hydrogen) atoms. The van der Waals surface area contributed by atoms with E-state index in [0.29, 0.717) is 12.2 Å². The highest BCUT2D eigenvalue weighted by atomic mass is 32.2. The normalized spacial score (nSPS) is 10.8. The average Bonchev–Trinajstić information content (AvgIpc) is 2.71. The number of nitrogens with one attached hydrogen (secondary N) is 3. The SMILES string of the molecule is CC(=O)Nc1ccc(S(=O)(=O)NCCC(=O)OCC(=O)NCc2ccccc2)cc1. The molecular formula is C20H23N3O6S. The van der Waals surface area contributed by atoms with Gasteiger partial charge in [0.1, 0.15) is 0 Å². The summed E-state index contributed by atoms with van der Waals surface area (Å²) >= 11 is 0. The Morgan fingerprint density at radius 1 is 0.967 bits per heavy atom. The quantitative estimate of drug-likeness (QED) is 0.482. The van der Waals surface area contributed by atoms with Gasteiger partial charge in [-0.05, 0) is 29.8 Å². The first-order valence-corrected chi connectivity index (χ1v) is 10.6. The highest BCUT2D eigenvalue weighted by molar-refractivity contribution is 7.89. The number of amides is 2. The summed E-state index contributed by atoms with van der Waals surface area (Å²) < 4.78 is 31.6. The Balaban J connectivity index is 1.70. The lowest BCUT2D eigenvalue weighted by molar-refractivity contribution is -0.148. The van der Waals surface area contributed by atoms with Crippen molar-refractivity contribution in [3.05, 3.63) is 60.2 Å². The van der Waals surface area contributed by atoms with Crippen LogP contribution >= 0.6 is 0 Å². The van der Waals surface area contributed by atoms with E-state index >= 15 is 0 Å². The zero-order valence-corrected chi connectivity index (χ0v) is 17.2. The van der Waals surface area contributed by atoms with Crippen LogP contribution in [-0.2, 0) is 35.7 Å². The second kappa shape index (κ2) is 11.1. The van der Waals surface area contributed by atoms with Gasteiger partial charge in [-0.3, -0.25) is 14.4 Å². The zero-order valence-electron chi connectivity index (χ0n) is 16.4. The van der Waals surface area contributed by atoms with Gasteiger partial charge in [0.15, 0.2) is 6.61 Å². The maximum Gasteiger partial charge on any atom is 0.307 e. The molecule has 0 saturated carbocycles. The molecule has 2 amide bonds. The van der Waals surface area contributed by atoms with E-state index in [1.165, 1.54) is 31.2 Å². The van der Waals surface area contributed by atoms with Gasteiger partial charge in [0, 0.05) is 25.7 Å². The number of sulfonamides is 1. The molecule has 10 heteroatoms. The fourth-order valence-electron chi connectivity index (χ4n) is 2.36. The number of hydrogen-bond donors (Lipinski definition) is 3. The van der Waals surface area contributed by atoms with Crippen molar-refractivity contribution in [3.8, 4) is 0 Å². The van der Waals surface area contributed by atoms with E-state index in [4.69, 9.17) is 4.74 Å². The molecule has 2 aromatic rings. The summed E-state index contributed by atoms with van der Waals surface area (Å²) in [6.07, 6.45) is -0.227. The van der Waals surface area contributed by atoms with E-state index in [-0.39, 0.29) is 23.8 Å². The van der Waals surface area contributed by atoms with Crippen LogP contribution < -0.4 is 15.4 Å². The minimum atomic E-state index is -3.82. The number of hydrogen-bond acceptors (Lipinski definition) is 6. The van der Waals surface area contributed by atoms with Crippen molar-refractivity contribution < 1.29 is 27.5 Å². The maximum absolute atomic E-state index is 12.2. The second-order valence-electron chi connectivity index (χ2n) is 6.28. The fraction of sp³-hybridized carbons (Fsp3) is 0.250. The topological polar surface area (TPSA) is 131 Å². The molecule has 3 N–H and O–H groups in total. The highest BCUT2D eigenvalue weighted by Crippen LogP contribution is 2.13. The van der Waals surface area contributed by atoms with Crippen LogP contribution in [0.2, 0.25) is 0 Å². The Bertz CT molecular complexity index is 975. The Hall–Kier alpha value is -3.24. The monoisotopic (exact) mass is 433 g/mol. The van der Waals surface area contributed by atoms with Crippen molar-refractivity contribution in [3.63, 3.8) is 0 Å². The Morgan fingerprint density at radius 3 is 2.27 bits per heavy atom.